The number of Topliss-reactive ketones (excluding diaryl/α,β-unsaturated/α-hetero) is 2. The van der Waals surface area contributed by atoms with E-state index < -0.39 is 104 Å². The van der Waals surface area contributed by atoms with Gasteiger partial charge >= 0.3 is 30.4 Å². The lowest BCUT2D eigenvalue weighted by Gasteiger charge is -2.35. The number of anilines is 9. The molecule has 7 amide bonds. The van der Waals surface area contributed by atoms with Crippen molar-refractivity contribution in [3.05, 3.63) is 157 Å². The maximum absolute atomic E-state index is 13.9. The van der Waals surface area contributed by atoms with Crippen LogP contribution in [0.4, 0.5) is 101 Å². The first-order valence-corrected chi connectivity index (χ1v) is 35.1. The Hall–Kier alpha value is -11.8. The number of fused-ring (bicyclic) bond motifs is 12. The highest BCUT2D eigenvalue weighted by Crippen LogP contribution is 2.44. The van der Waals surface area contributed by atoms with Crippen molar-refractivity contribution >= 4 is 87.5 Å². The topological polar surface area (TPSA) is 377 Å². The molecule has 6 aliphatic heterocycles. The molecule has 8 N–H and O–H groups in total. The van der Waals surface area contributed by atoms with Gasteiger partial charge in [0.2, 0.25) is 5.92 Å². The molecule has 7 aromatic heterocycles. The summed E-state index contributed by atoms with van der Waals surface area (Å²) in [4.78, 5) is 114. The Labute approximate surface area is 627 Å². The van der Waals surface area contributed by atoms with Crippen molar-refractivity contribution in [3.63, 3.8) is 0 Å². The van der Waals surface area contributed by atoms with Crippen LogP contribution in [-0.2, 0) is 0 Å². The number of ketones is 2. The third-order valence-electron chi connectivity index (χ3n) is 18.8. The fourth-order valence-electron chi connectivity index (χ4n) is 13.2. The normalized spacial score (nSPS) is 17.6. The van der Waals surface area contributed by atoms with Gasteiger partial charge in [0.25, 0.3) is 5.91 Å². The maximum atomic E-state index is 13.9. The Bertz CT molecular complexity index is 4690. The van der Waals surface area contributed by atoms with Gasteiger partial charge < -0.3 is 49.9 Å². The monoisotopic (exact) mass is 1550 g/mol. The third kappa shape index (κ3) is 18.9. The summed E-state index contributed by atoms with van der Waals surface area (Å²) in [6, 6.07) is 21.4. The molecule has 111 heavy (non-hydrogen) atoms. The average Bonchev–Trinajstić information content (AvgIpc) is 1.62. The summed E-state index contributed by atoms with van der Waals surface area (Å²) >= 11 is 0. The Morgan fingerprint density at radius 1 is 0.550 bits per heavy atom. The summed E-state index contributed by atoms with van der Waals surface area (Å²) in [6.45, 7) is 4.17. The van der Waals surface area contributed by atoms with E-state index in [4.69, 9.17) is 19.7 Å². The highest BCUT2D eigenvalue weighted by atomic mass is 19.4. The summed E-state index contributed by atoms with van der Waals surface area (Å²) in [5, 5.41) is 54.6. The van der Waals surface area contributed by atoms with Gasteiger partial charge in [0.05, 0.1) is 72.4 Å². The van der Waals surface area contributed by atoms with Gasteiger partial charge in [-0.2, -0.15) is 26.3 Å². The minimum atomic E-state index is -4.64. The van der Waals surface area contributed by atoms with Crippen LogP contribution in [0.3, 0.4) is 0 Å². The molecule has 13 heterocycles. The Balaban J connectivity index is 0.000000155. The van der Waals surface area contributed by atoms with Crippen LogP contribution >= 0.6 is 0 Å². The number of nitrogens with zero attached hydrogens (tertiary/aromatic N) is 15. The fraction of sp³-hybridized carbons (Fsp3) is 0.389. The molecule has 8 aromatic rings. The number of alkyl halides is 8. The molecule has 0 aliphatic carbocycles. The van der Waals surface area contributed by atoms with Crippen molar-refractivity contribution in [1.29, 1.82) is 0 Å². The van der Waals surface area contributed by atoms with Crippen LogP contribution in [0.5, 0.6) is 11.5 Å². The van der Waals surface area contributed by atoms with E-state index in [0.29, 0.717) is 98.6 Å². The number of hydrogen-bond acceptors (Lipinski definition) is 23. The molecule has 14 rings (SSSR count). The molecule has 7 atom stereocenters. The third-order valence-corrected chi connectivity index (χ3v) is 18.8. The second kappa shape index (κ2) is 33.6. The molecule has 0 radical (unpaired) electrons. The smallest absolute Gasteiger partial charge is 0.408 e. The number of halogens is 8. The number of aliphatic hydroxyl groups excluding tert-OH is 4. The zero-order chi connectivity index (χ0) is 79.1. The van der Waals surface area contributed by atoms with Crippen LogP contribution in [-0.4, -0.2) is 221 Å². The Kier molecular flexibility index (Phi) is 23.8. The van der Waals surface area contributed by atoms with Gasteiger partial charge in [0, 0.05) is 95.3 Å². The number of hydrogen-bond donors (Lipinski definition) is 8. The van der Waals surface area contributed by atoms with Crippen molar-refractivity contribution in [3.8, 4) is 17.2 Å². The second-order valence-corrected chi connectivity index (χ2v) is 26.8. The van der Waals surface area contributed by atoms with Gasteiger partial charge in [-0.3, -0.25) is 45.0 Å². The maximum Gasteiger partial charge on any atom is 0.408 e. The van der Waals surface area contributed by atoms with Crippen LogP contribution in [0.2, 0.25) is 0 Å². The van der Waals surface area contributed by atoms with Crippen molar-refractivity contribution in [1.82, 2.24) is 50.2 Å². The van der Waals surface area contributed by atoms with E-state index in [9.17, 15) is 74.1 Å². The van der Waals surface area contributed by atoms with Gasteiger partial charge in [-0.05, 0) is 93.3 Å². The number of pyridine rings is 6. The number of benzene rings is 1. The molecule has 6 aliphatic rings. The van der Waals surface area contributed by atoms with Crippen LogP contribution < -0.4 is 60.1 Å². The lowest BCUT2D eigenvalue weighted by molar-refractivity contribution is -0.150. The van der Waals surface area contributed by atoms with Gasteiger partial charge in [0.1, 0.15) is 77.5 Å². The number of aliphatic hydroxyl groups is 4. The fourth-order valence-corrected chi connectivity index (χ4v) is 13.2. The number of rotatable bonds is 22. The van der Waals surface area contributed by atoms with E-state index in [-0.39, 0.29) is 89.5 Å². The zero-order valence-corrected chi connectivity index (χ0v) is 59.3. The van der Waals surface area contributed by atoms with E-state index in [1.165, 1.54) is 105 Å². The molecule has 586 valence electrons. The molecule has 3 fully saturated rings. The molecule has 31 nitrogen and oxygen atoms in total. The Morgan fingerprint density at radius 3 is 1.42 bits per heavy atom. The molecular weight excluding hydrogens is 1470 g/mol. The summed E-state index contributed by atoms with van der Waals surface area (Å²) in [5.74, 6) is -5.29. The predicted octanol–water partition coefficient (Wildman–Crippen LogP) is 8.58. The molecule has 0 spiro atoms. The highest BCUT2D eigenvalue weighted by molar-refractivity contribution is 6.08. The van der Waals surface area contributed by atoms with Crippen molar-refractivity contribution < 1.29 is 93.8 Å². The van der Waals surface area contributed by atoms with E-state index >= 15 is 0 Å². The first kappa shape index (κ1) is 78.7. The largest absolute Gasteiger partial charge is 0.491 e. The van der Waals surface area contributed by atoms with Gasteiger partial charge in [0.15, 0.2) is 29.0 Å². The minimum Gasteiger partial charge on any atom is -0.491 e. The highest BCUT2D eigenvalue weighted by Gasteiger charge is 2.46. The van der Waals surface area contributed by atoms with Gasteiger partial charge in [-0.15, -0.1) is 5.10 Å². The van der Waals surface area contributed by atoms with Crippen molar-refractivity contribution in [2.24, 2.45) is 0 Å². The Morgan fingerprint density at radius 2 is 0.991 bits per heavy atom. The second-order valence-electron chi connectivity index (χ2n) is 26.8. The van der Waals surface area contributed by atoms with E-state index in [1.807, 2.05) is 15.1 Å². The van der Waals surface area contributed by atoms with E-state index in [2.05, 4.69) is 61.1 Å². The summed E-state index contributed by atoms with van der Waals surface area (Å²) in [7, 11) is 0. The molecule has 39 heteroatoms. The average molecular weight is 1550 g/mol. The molecule has 1 aromatic carbocycles. The van der Waals surface area contributed by atoms with Gasteiger partial charge in [-0.1, -0.05) is 35.5 Å². The standard InChI is InChI=1S/C28H28F3N5O5.C23H27F2N5O5.C21H20F3N9O2/c29-28(30,31)21(17-4-2-1-3-5-17)13-24(39)22-6-7-23-26(33-22)36(18-9-11-35(23)14-18)27(40)34-25-12-20(8-10-32-25)41-16-19(38)15-37;1-23(24,25)7-4-19(33)17-2-3-18-21(27-17)30(14-6-9-29(18)11-14)22(34)28-20-10-16(5-8-26-20)35-13-15(32)12-31;1-12(21(22,23)24)27-19(34)15-2-3-16-18(28-15)33(14-5-8-31(16)11-14)20(35)29-17-10-13(4-6-25-17)32-9-7-26-30-32/h1-8,10,12,18-19,21,37-38H,9,11,13-16H2,(H,32,34,40);2-3,5,8,10,14-15,31-32H,4,6-7,9,11-13H2,1H3,(H,26,28,34);2-4,6-7,9-10,12,14H,5,8,11H2,1H3,(H,27,34)(H,25,29,35)/t18-,19+,21+;14-,15+;12-,14+/m001/s1. The van der Waals surface area contributed by atoms with Crippen molar-refractivity contribution in [2.75, 3.05) is 111 Å². The molecule has 0 unspecified atom stereocenters. The quantitative estimate of drug-likeness (QED) is 0.0232. The molecular formula is C72H75F8N19O12. The number of nitrogens with one attached hydrogen (secondary N) is 4. The number of carbonyl (C=O) groups is 6. The predicted molar refractivity (Wildman–Crippen MR) is 385 cm³/mol. The molecule has 6 bridgehead atoms. The van der Waals surface area contributed by atoms with Crippen LogP contribution in [0, 0.1) is 0 Å². The summed E-state index contributed by atoms with van der Waals surface area (Å²) in [6.07, 6.45) is -3.59. The van der Waals surface area contributed by atoms with Crippen LogP contribution in [0.1, 0.15) is 95.3 Å². The first-order chi connectivity index (χ1) is 53.0. The van der Waals surface area contributed by atoms with E-state index in [0.717, 1.165) is 13.8 Å². The summed E-state index contributed by atoms with van der Waals surface area (Å²) in [5.41, 5.74) is 2.19. The number of aromatic nitrogens is 9. The van der Waals surface area contributed by atoms with Gasteiger partial charge in [-0.25, -0.2) is 57.8 Å². The lowest BCUT2D eigenvalue weighted by Crippen LogP contribution is -2.49. The van der Waals surface area contributed by atoms with E-state index in [1.54, 1.807) is 48.7 Å². The van der Waals surface area contributed by atoms with Crippen molar-refractivity contribution in [2.45, 2.75) is 113 Å². The first-order valence-electron chi connectivity index (χ1n) is 35.1. The van der Waals surface area contributed by atoms with Crippen LogP contribution in [0.15, 0.2) is 134 Å². The number of ether oxygens (including phenoxy) is 2. The SMILES string of the molecule is CC(F)(F)CCC(=O)c1ccc2c(n1)N(C(=O)Nc1cc(OC[C@H](O)CO)ccn1)[C@H]1CCN2C1.C[C@@H](NC(=O)c1ccc2c(n1)N(C(=O)Nc1cc(-n3ccnn3)ccn1)[C@H]1CCN2C1)C(F)(F)F.O=C(C[C@H](c1ccccc1)C(F)(F)F)c1ccc2c(n1)N(C(=O)Nc1cc(OC[C@H](O)CO)ccn1)[C@H]1CCN2C1. The lowest BCUT2D eigenvalue weighted by atomic mass is 9.92. The number of amides is 7. The summed E-state index contributed by atoms with van der Waals surface area (Å²) < 4.78 is 119. The minimum absolute atomic E-state index is 0.0129. The molecule has 3 saturated heterocycles. The number of urea groups is 3. The molecule has 0 saturated carbocycles. The van der Waals surface area contributed by atoms with Crippen LogP contribution in [0.25, 0.3) is 5.69 Å². The number of carbonyl (C=O) groups excluding carboxylic acids is 6. The zero-order valence-electron chi connectivity index (χ0n) is 59.3.